The largest absolute Gasteiger partial charge is 0.454 e. The molecule has 5 heteroatoms. The maximum absolute atomic E-state index is 6.63. The van der Waals surface area contributed by atoms with Gasteiger partial charge >= 0.3 is 0 Å². The summed E-state index contributed by atoms with van der Waals surface area (Å²) in [7, 11) is 0. The van der Waals surface area contributed by atoms with Crippen LogP contribution in [0, 0.1) is 0 Å². The van der Waals surface area contributed by atoms with E-state index >= 15 is 0 Å². The van der Waals surface area contributed by atoms with Gasteiger partial charge in [-0.15, -0.1) is 0 Å². The molecular formula is C41H30N4O. The summed E-state index contributed by atoms with van der Waals surface area (Å²) in [6.07, 6.45) is 14.6. The van der Waals surface area contributed by atoms with E-state index in [1.807, 2.05) is 24.4 Å². The molecule has 7 aromatic rings. The molecule has 1 N–H and O–H groups in total. The zero-order valence-electron chi connectivity index (χ0n) is 25.2. The summed E-state index contributed by atoms with van der Waals surface area (Å²) in [5, 5.41) is 6.85. The molecule has 46 heavy (non-hydrogen) atoms. The summed E-state index contributed by atoms with van der Waals surface area (Å²) in [6, 6.07) is 34.3. The molecule has 0 bridgehead atoms. The zero-order chi connectivity index (χ0) is 30.6. The maximum Gasteiger partial charge on any atom is 0.159 e. The summed E-state index contributed by atoms with van der Waals surface area (Å²) >= 11 is 0. The molecular weight excluding hydrogens is 564 g/mol. The highest BCUT2D eigenvalue weighted by atomic mass is 16.3. The normalized spacial score (nSPS) is 16.4. The second kappa shape index (κ2) is 10.5. The molecule has 0 unspecified atom stereocenters. The van der Waals surface area contributed by atoms with Crippen molar-refractivity contribution in [3.8, 4) is 16.8 Å². The van der Waals surface area contributed by atoms with Crippen LogP contribution in [0.15, 0.2) is 168 Å². The highest BCUT2D eigenvalue weighted by Crippen LogP contribution is 2.40. The number of nitrogens with one attached hydrogen (secondary N) is 1. The van der Waals surface area contributed by atoms with Crippen molar-refractivity contribution in [2.75, 3.05) is 18.0 Å². The highest BCUT2D eigenvalue weighted by Gasteiger charge is 2.22. The summed E-state index contributed by atoms with van der Waals surface area (Å²) < 4.78 is 8.93. The molecule has 0 spiro atoms. The van der Waals surface area contributed by atoms with Crippen LogP contribution in [0.4, 0.5) is 5.69 Å². The molecule has 0 aliphatic carbocycles. The number of benzene rings is 4. The molecule has 0 saturated carbocycles. The minimum atomic E-state index is 0.703. The van der Waals surface area contributed by atoms with Gasteiger partial charge in [-0.3, -0.25) is 4.98 Å². The van der Waals surface area contributed by atoms with Crippen molar-refractivity contribution in [2.24, 2.45) is 0 Å². The van der Waals surface area contributed by atoms with Crippen LogP contribution >= 0.6 is 0 Å². The number of aromatic nitrogens is 2. The summed E-state index contributed by atoms with van der Waals surface area (Å²) in [5.41, 5.74) is 12.5. The topological polar surface area (TPSA) is 46.2 Å². The van der Waals surface area contributed by atoms with Gasteiger partial charge in [-0.05, 0) is 77.4 Å². The number of hydrogen-bond acceptors (Lipinski definition) is 4. The lowest BCUT2D eigenvalue weighted by Crippen LogP contribution is -2.30. The molecule has 4 aromatic carbocycles. The second-order valence-corrected chi connectivity index (χ2v) is 11.7. The lowest BCUT2D eigenvalue weighted by Gasteiger charge is -2.29. The SMILES string of the molecule is C=C1/C=C\C=C/CN(c2cccc3c2oc2ccc(-c4ccc5c(c4)c4ncccc4n5-c4ccccc4)cc23)C2=C1NCC=C2. The van der Waals surface area contributed by atoms with Gasteiger partial charge in [-0.25, -0.2) is 0 Å². The Bertz CT molecular complexity index is 2470. The number of rotatable bonds is 3. The van der Waals surface area contributed by atoms with Gasteiger partial charge in [0.05, 0.1) is 33.6 Å². The Hall–Kier alpha value is -6.07. The van der Waals surface area contributed by atoms with Gasteiger partial charge in [0, 0.05) is 41.1 Å². The van der Waals surface area contributed by atoms with Gasteiger partial charge in [0.25, 0.3) is 0 Å². The first kappa shape index (κ1) is 26.3. The third-order valence-electron chi connectivity index (χ3n) is 9.01. The first-order valence-electron chi connectivity index (χ1n) is 15.6. The Balaban J connectivity index is 1.19. The van der Waals surface area contributed by atoms with Crippen LogP contribution in [0.3, 0.4) is 0 Å². The number of anilines is 1. The van der Waals surface area contributed by atoms with E-state index in [0.717, 1.165) is 89.9 Å². The van der Waals surface area contributed by atoms with E-state index in [2.05, 4.69) is 137 Å². The number of allylic oxidation sites excluding steroid dienone is 4. The Morgan fingerprint density at radius 2 is 1.61 bits per heavy atom. The number of pyridine rings is 1. The van der Waals surface area contributed by atoms with Crippen LogP contribution in [-0.4, -0.2) is 22.6 Å². The standard InChI is InChI=1S/C41H30N4O/c1-27-11-4-3-7-24-44(35-16-9-22-42-39(27)35)37-15-8-14-31-32-25-29(19-21-38(32)46-41(31)37)28-18-20-34-33(26-28)40-36(17-10-23-43-40)45(34)30-12-5-2-6-13-30/h2-21,23,25-26,42H,1,22,24H2/b7-3-,11-4-. The molecule has 0 radical (unpaired) electrons. The van der Waals surface area contributed by atoms with Crippen LogP contribution in [0.1, 0.15) is 0 Å². The molecule has 0 saturated heterocycles. The van der Waals surface area contributed by atoms with Crippen LogP contribution in [0.25, 0.3) is 60.7 Å². The molecule has 0 atom stereocenters. The Labute approximate surface area is 266 Å². The third-order valence-corrected chi connectivity index (χ3v) is 9.01. The second-order valence-electron chi connectivity index (χ2n) is 11.7. The van der Waals surface area contributed by atoms with Gasteiger partial charge in [-0.1, -0.05) is 79.4 Å². The van der Waals surface area contributed by atoms with E-state index in [4.69, 9.17) is 9.40 Å². The molecule has 2 aliphatic heterocycles. The van der Waals surface area contributed by atoms with Crippen molar-refractivity contribution in [3.05, 3.63) is 163 Å². The van der Waals surface area contributed by atoms with Crippen molar-refractivity contribution < 1.29 is 4.42 Å². The predicted molar refractivity (Wildman–Crippen MR) is 190 cm³/mol. The van der Waals surface area contributed by atoms with Crippen molar-refractivity contribution in [1.82, 2.24) is 14.9 Å². The van der Waals surface area contributed by atoms with E-state index in [-0.39, 0.29) is 0 Å². The van der Waals surface area contributed by atoms with E-state index in [1.165, 1.54) is 0 Å². The molecule has 9 rings (SSSR count). The summed E-state index contributed by atoms with van der Waals surface area (Å²) in [6.45, 7) is 5.81. The summed E-state index contributed by atoms with van der Waals surface area (Å²) in [5.74, 6) is 0. The first-order chi connectivity index (χ1) is 22.7. The highest BCUT2D eigenvalue weighted by molar-refractivity contribution is 6.11. The number of dihydropyridines is 1. The smallest absolute Gasteiger partial charge is 0.159 e. The molecule has 2 aliphatic rings. The Kier molecular flexibility index (Phi) is 6.03. The number of para-hydroxylation sites is 2. The Morgan fingerprint density at radius 1 is 0.739 bits per heavy atom. The number of nitrogens with zero attached hydrogens (tertiary/aromatic N) is 3. The van der Waals surface area contributed by atoms with E-state index in [1.54, 1.807) is 0 Å². The predicted octanol–water partition coefficient (Wildman–Crippen LogP) is 9.60. The Morgan fingerprint density at radius 3 is 2.52 bits per heavy atom. The van der Waals surface area contributed by atoms with Crippen LogP contribution < -0.4 is 10.2 Å². The molecule has 5 nitrogen and oxygen atoms in total. The fourth-order valence-corrected chi connectivity index (χ4v) is 6.88. The van der Waals surface area contributed by atoms with Crippen molar-refractivity contribution in [3.63, 3.8) is 0 Å². The lowest BCUT2D eigenvalue weighted by atomic mass is 10.0. The van der Waals surface area contributed by atoms with E-state index in [0.29, 0.717) is 6.54 Å². The van der Waals surface area contributed by atoms with Crippen molar-refractivity contribution in [2.45, 2.75) is 0 Å². The van der Waals surface area contributed by atoms with Gasteiger partial charge in [0.2, 0.25) is 0 Å². The molecule has 5 heterocycles. The molecule has 220 valence electrons. The van der Waals surface area contributed by atoms with Gasteiger partial charge < -0.3 is 19.2 Å². The number of hydrogen-bond donors (Lipinski definition) is 1. The minimum Gasteiger partial charge on any atom is -0.454 e. The van der Waals surface area contributed by atoms with Crippen LogP contribution in [0.2, 0.25) is 0 Å². The van der Waals surface area contributed by atoms with E-state index < -0.39 is 0 Å². The first-order valence-corrected chi connectivity index (χ1v) is 15.6. The average molecular weight is 595 g/mol. The minimum absolute atomic E-state index is 0.703. The zero-order valence-corrected chi connectivity index (χ0v) is 25.2. The summed E-state index contributed by atoms with van der Waals surface area (Å²) in [4.78, 5) is 7.12. The van der Waals surface area contributed by atoms with Crippen LogP contribution in [-0.2, 0) is 0 Å². The van der Waals surface area contributed by atoms with Crippen LogP contribution in [0.5, 0.6) is 0 Å². The van der Waals surface area contributed by atoms with Crippen molar-refractivity contribution in [1.29, 1.82) is 0 Å². The number of fused-ring (bicyclic) bond motifs is 6. The third kappa shape index (κ3) is 4.13. The van der Waals surface area contributed by atoms with Crippen molar-refractivity contribution >= 4 is 49.6 Å². The number of furan rings is 1. The molecule has 3 aromatic heterocycles. The van der Waals surface area contributed by atoms with E-state index in [9.17, 15) is 0 Å². The molecule has 0 amide bonds. The average Bonchev–Trinajstić information content (AvgIpc) is 3.67. The monoisotopic (exact) mass is 594 g/mol. The lowest BCUT2D eigenvalue weighted by molar-refractivity contribution is 0.667. The quantitative estimate of drug-likeness (QED) is 0.221. The maximum atomic E-state index is 6.63. The molecule has 0 fully saturated rings. The van der Waals surface area contributed by atoms with Gasteiger partial charge in [0.15, 0.2) is 5.58 Å². The fourth-order valence-electron chi connectivity index (χ4n) is 6.88. The van der Waals surface area contributed by atoms with Gasteiger partial charge in [0.1, 0.15) is 5.58 Å². The van der Waals surface area contributed by atoms with Gasteiger partial charge in [-0.2, -0.15) is 0 Å². The fraction of sp³-hybridized carbons (Fsp3) is 0.0488.